The van der Waals surface area contributed by atoms with Crippen LogP contribution in [0.1, 0.15) is 31.2 Å². The van der Waals surface area contributed by atoms with Crippen LogP contribution in [-0.2, 0) is 24.4 Å². The first kappa shape index (κ1) is 13.1. The summed E-state index contributed by atoms with van der Waals surface area (Å²) in [4.78, 5) is 0. The van der Waals surface area contributed by atoms with E-state index in [-0.39, 0.29) is 6.10 Å². The molecule has 6 nitrogen and oxygen atoms in total. The third-order valence-corrected chi connectivity index (χ3v) is 2.38. The summed E-state index contributed by atoms with van der Waals surface area (Å²) in [5, 5.41) is 17.2. The molecule has 0 saturated heterocycles. The van der Waals surface area contributed by atoms with Crippen molar-refractivity contribution in [3.63, 3.8) is 0 Å². The van der Waals surface area contributed by atoms with E-state index in [1.807, 2.05) is 0 Å². The molecule has 3 N–H and O–H groups in total. The van der Waals surface area contributed by atoms with E-state index in [1.165, 1.54) is 0 Å². The van der Waals surface area contributed by atoms with Crippen LogP contribution in [0.5, 0.6) is 0 Å². The van der Waals surface area contributed by atoms with Gasteiger partial charge in [0.2, 0.25) is 0 Å². The molecule has 92 valence electrons. The molecule has 1 heterocycles. The number of aromatic nitrogens is 3. The Morgan fingerprint density at radius 1 is 1.56 bits per heavy atom. The number of hydrogen-bond donors (Lipinski definition) is 2. The Morgan fingerprint density at radius 3 is 2.88 bits per heavy atom. The first-order valence-corrected chi connectivity index (χ1v) is 5.47. The van der Waals surface area contributed by atoms with Crippen molar-refractivity contribution in [2.45, 2.75) is 45.6 Å². The number of hydrogen-bond acceptors (Lipinski definition) is 5. The predicted octanol–water partition coefficient (Wildman–Crippen LogP) is 0.0442. The molecule has 6 heteroatoms. The van der Waals surface area contributed by atoms with Gasteiger partial charge >= 0.3 is 0 Å². The molecule has 1 rings (SSSR count). The van der Waals surface area contributed by atoms with Crippen LogP contribution in [0.25, 0.3) is 0 Å². The number of nitrogens with two attached hydrogens (primary N) is 1. The highest BCUT2D eigenvalue weighted by atomic mass is 16.5. The Bertz CT molecular complexity index is 312. The zero-order chi connectivity index (χ0) is 12.0. The normalized spacial score (nSPS) is 13.0. The molecule has 0 aliphatic carbocycles. The molecule has 0 aliphatic heterocycles. The summed E-state index contributed by atoms with van der Waals surface area (Å²) in [5.74, 6) is 0. The van der Waals surface area contributed by atoms with E-state index in [0.717, 1.165) is 30.8 Å². The van der Waals surface area contributed by atoms with Crippen LogP contribution in [0.4, 0.5) is 0 Å². The molecule has 0 bridgehead atoms. The van der Waals surface area contributed by atoms with Gasteiger partial charge < -0.3 is 15.6 Å². The highest BCUT2D eigenvalue weighted by molar-refractivity contribution is 5.08. The average molecular weight is 228 g/mol. The molecular formula is C10H20N4O2. The fourth-order valence-corrected chi connectivity index (χ4v) is 1.54. The molecule has 1 unspecified atom stereocenters. The highest BCUT2D eigenvalue weighted by Gasteiger charge is 2.11. The smallest absolute Gasteiger partial charge is 0.102 e. The van der Waals surface area contributed by atoms with Gasteiger partial charge in [-0.15, -0.1) is 5.10 Å². The molecule has 0 amide bonds. The fraction of sp³-hybridized carbons (Fsp3) is 0.800. The number of methoxy groups -OCH3 is 1. The lowest BCUT2D eigenvalue weighted by molar-refractivity contribution is 0.169. The van der Waals surface area contributed by atoms with Gasteiger partial charge in [-0.25, -0.2) is 4.68 Å². The molecule has 1 aromatic rings. The number of nitrogens with zero attached hydrogens (tertiary/aromatic N) is 3. The molecule has 1 aromatic heterocycles. The maximum atomic E-state index is 9.16. The number of aliphatic hydroxyl groups is 1. The Hall–Kier alpha value is -0.980. The average Bonchev–Trinajstić information content (AvgIpc) is 2.61. The van der Waals surface area contributed by atoms with Crippen LogP contribution < -0.4 is 5.73 Å². The van der Waals surface area contributed by atoms with Crippen molar-refractivity contribution in [2.75, 3.05) is 7.11 Å². The van der Waals surface area contributed by atoms with Crippen molar-refractivity contribution in [1.82, 2.24) is 15.0 Å². The SMILES string of the molecule is COCc1c(CN)nnn1CCCC(C)O. The van der Waals surface area contributed by atoms with Crippen molar-refractivity contribution in [3.8, 4) is 0 Å². The number of ether oxygens (including phenoxy) is 1. The molecule has 0 radical (unpaired) electrons. The third kappa shape index (κ3) is 3.55. The molecule has 0 fully saturated rings. The number of rotatable bonds is 7. The Balaban J connectivity index is 2.60. The minimum Gasteiger partial charge on any atom is -0.393 e. The van der Waals surface area contributed by atoms with Gasteiger partial charge in [0, 0.05) is 20.2 Å². The second kappa shape index (κ2) is 6.57. The summed E-state index contributed by atoms with van der Waals surface area (Å²) in [6.45, 7) is 3.35. The summed E-state index contributed by atoms with van der Waals surface area (Å²) in [6.07, 6.45) is 1.34. The van der Waals surface area contributed by atoms with Crippen molar-refractivity contribution < 1.29 is 9.84 Å². The van der Waals surface area contributed by atoms with Gasteiger partial charge in [-0.3, -0.25) is 0 Å². The lowest BCUT2D eigenvalue weighted by atomic mass is 10.2. The van der Waals surface area contributed by atoms with Crippen molar-refractivity contribution in [1.29, 1.82) is 0 Å². The molecule has 16 heavy (non-hydrogen) atoms. The third-order valence-electron chi connectivity index (χ3n) is 2.38. The molecule has 1 atom stereocenters. The van der Waals surface area contributed by atoms with Gasteiger partial charge in [0.1, 0.15) is 5.69 Å². The van der Waals surface area contributed by atoms with Gasteiger partial charge in [-0.05, 0) is 19.8 Å². The van der Waals surface area contributed by atoms with E-state index in [2.05, 4.69) is 10.3 Å². The lowest BCUT2D eigenvalue weighted by Gasteiger charge is -2.07. The monoisotopic (exact) mass is 228 g/mol. The van der Waals surface area contributed by atoms with Crippen LogP contribution in [0.15, 0.2) is 0 Å². The van der Waals surface area contributed by atoms with Gasteiger partial charge in [-0.2, -0.15) is 0 Å². The number of aliphatic hydroxyl groups excluding tert-OH is 1. The van der Waals surface area contributed by atoms with E-state index < -0.39 is 0 Å². The molecule has 0 spiro atoms. The first-order valence-electron chi connectivity index (χ1n) is 5.47. The van der Waals surface area contributed by atoms with E-state index in [4.69, 9.17) is 15.6 Å². The van der Waals surface area contributed by atoms with Crippen molar-refractivity contribution in [3.05, 3.63) is 11.4 Å². The van der Waals surface area contributed by atoms with Crippen molar-refractivity contribution >= 4 is 0 Å². The minimum absolute atomic E-state index is 0.275. The van der Waals surface area contributed by atoms with Crippen LogP contribution in [0.3, 0.4) is 0 Å². The second-order valence-electron chi connectivity index (χ2n) is 3.83. The van der Waals surface area contributed by atoms with Crippen LogP contribution >= 0.6 is 0 Å². The maximum absolute atomic E-state index is 9.16. The van der Waals surface area contributed by atoms with Gasteiger partial charge in [0.25, 0.3) is 0 Å². The van der Waals surface area contributed by atoms with Gasteiger partial charge in [-0.1, -0.05) is 5.21 Å². The molecular weight excluding hydrogens is 208 g/mol. The molecule has 0 saturated carbocycles. The topological polar surface area (TPSA) is 86.2 Å². The second-order valence-corrected chi connectivity index (χ2v) is 3.83. The largest absolute Gasteiger partial charge is 0.393 e. The van der Waals surface area contributed by atoms with Gasteiger partial charge in [0.05, 0.1) is 18.4 Å². The van der Waals surface area contributed by atoms with Crippen molar-refractivity contribution in [2.24, 2.45) is 5.73 Å². The zero-order valence-electron chi connectivity index (χ0n) is 9.89. The van der Waals surface area contributed by atoms with E-state index >= 15 is 0 Å². The number of aryl methyl sites for hydroxylation is 1. The molecule has 0 aliphatic rings. The van der Waals surface area contributed by atoms with E-state index in [0.29, 0.717) is 13.2 Å². The van der Waals surface area contributed by atoms with Crippen LogP contribution in [0.2, 0.25) is 0 Å². The minimum atomic E-state index is -0.275. The summed E-state index contributed by atoms with van der Waals surface area (Å²) in [5.41, 5.74) is 7.26. The van der Waals surface area contributed by atoms with Crippen LogP contribution in [-0.4, -0.2) is 33.3 Å². The summed E-state index contributed by atoms with van der Waals surface area (Å²) >= 11 is 0. The van der Waals surface area contributed by atoms with E-state index in [1.54, 1.807) is 18.7 Å². The quantitative estimate of drug-likeness (QED) is 0.688. The zero-order valence-corrected chi connectivity index (χ0v) is 9.89. The first-order chi connectivity index (χ1) is 7.69. The maximum Gasteiger partial charge on any atom is 0.102 e. The van der Waals surface area contributed by atoms with E-state index in [9.17, 15) is 0 Å². The standard InChI is InChI=1S/C10H20N4O2/c1-8(15)4-3-5-14-10(7-16-2)9(6-11)12-13-14/h8,15H,3-7,11H2,1-2H3. The Morgan fingerprint density at radius 2 is 2.31 bits per heavy atom. The highest BCUT2D eigenvalue weighted by Crippen LogP contribution is 2.08. The summed E-state index contributed by atoms with van der Waals surface area (Å²) in [6, 6.07) is 0. The predicted molar refractivity (Wildman–Crippen MR) is 59.5 cm³/mol. The Kier molecular flexibility index (Phi) is 5.37. The lowest BCUT2D eigenvalue weighted by Crippen LogP contribution is -2.10. The Labute approximate surface area is 95.4 Å². The van der Waals surface area contributed by atoms with Gasteiger partial charge in [0.15, 0.2) is 0 Å². The molecule has 0 aromatic carbocycles. The summed E-state index contributed by atoms with van der Waals surface area (Å²) in [7, 11) is 1.63. The summed E-state index contributed by atoms with van der Waals surface area (Å²) < 4.78 is 6.89. The fourth-order valence-electron chi connectivity index (χ4n) is 1.54. The van der Waals surface area contributed by atoms with Crippen LogP contribution in [0, 0.1) is 0 Å².